The van der Waals surface area contributed by atoms with E-state index in [1.54, 1.807) is 12.1 Å². The maximum Gasteiger partial charge on any atom is 0.264 e. The van der Waals surface area contributed by atoms with Crippen LogP contribution in [0.2, 0.25) is 0 Å². The number of thioether (sulfide) groups is 1. The second-order valence-corrected chi connectivity index (χ2v) is 8.32. The van der Waals surface area contributed by atoms with Gasteiger partial charge in [-0.2, -0.15) is 10.1 Å². The number of carbonyl (C=O) groups is 1. The Morgan fingerprint density at radius 1 is 1.21 bits per heavy atom. The van der Waals surface area contributed by atoms with E-state index < -0.39 is 0 Å². The predicted octanol–water partition coefficient (Wildman–Crippen LogP) is 3.83. The summed E-state index contributed by atoms with van der Waals surface area (Å²) in [4.78, 5) is 17.2. The van der Waals surface area contributed by atoms with Gasteiger partial charge in [0.2, 0.25) is 18.5 Å². The standard InChI is InChI=1S/C23H22N6O4S/c1-3-13-5-4-6-15(9-13)25-18(30)11-29-20(24)19(23(27-29)34-2)22-26-21(28-33-22)14-7-8-16-17(10-14)32-12-31-16/h4-10H,3,11-12,24H2,1-2H3,(H,25,30). The number of benzene rings is 2. The molecular weight excluding hydrogens is 456 g/mol. The number of nitrogens with two attached hydrogens (primary N) is 1. The van der Waals surface area contributed by atoms with Gasteiger partial charge in [-0.3, -0.25) is 4.79 Å². The van der Waals surface area contributed by atoms with Gasteiger partial charge in [0.1, 0.15) is 23.0 Å². The Morgan fingerprint density at radius 2 is 2.06 bits per heavy atom. The Labute approximate surface area is 199 Å². The van der Waals surface area contributed by atoms with Crippen LogP contribution in [0, 0.1) is 0 Å². The quantitative estimate of drug-likeness (QED) is 0.380. The van der Waals surface area contributed by atoms with Crippen molar-refractivity contribution >= 4 is 29.2 Å². The maximum atomic E-state index is 12.7. The molecule has 0 atom stereocenters. The number of hydrogen-bond acceptors (Lipinski definition) is 9. The minimum absolute atomic E-state index is 0.0566. The zero-order chi connectivity index (χ0) is 23.7. The summed E-state index contributed by atoms with van der Waals surface area (Å²) < 4.78 is 17.7. The lowest BCUT2D eigenvalue weighted by molar-refractivity contribution is -0.116. The van der Waals surface area contributed by atoms with Gasteiger partial charge in [0.05, 0.1) is 0 Å². The minimum atomic E-state index is -0.242. The van der Waals surface area contributed by atoms with E-state index in [2.05, 4.69) is 27.5 Å². The monoisotopic (exact) mass is 478 g/mol. The molecule has 2 aromatic heterocycles. The van der Waals surface area contributed by atoms with Crippen molar-refractivity contribution in [2.75, 3.05) is 24.1 Å². The number of nitrogens with one attached hydrogen (secondary N) is 1. The highest BCUT2D eigenvalue weighted by atomic mass is 32.2. The third-order valence-corrected chi connectivity index (χ3v) is 6.01. The molecule has 0 saturated heterocycles. The molecule has 0 fully saturated rings. The lowest BCUT2D eigenvalue weighted by atomic mass is 10.1. The second-order valence-electron chi connectivity index (χ2n) is 7.52. The summed E-state index contributed by atoms with van der Waals surface area (Å²) >= 11 is 1.37. The summed E-state index contributed by atoms with van der Waals surface area (Å²) in [6, 6.07) is 13.1. The Morgan fingerprint density at radius 3 is 2.88 bits per heavy atom. The van der Waals surface area contributed by atoms with Gasteiger partial charge in [0.15, 0.2) is 11.5 Å². The number of aryl methyl sites for hydroxylation is 1. The van der Waals surface area contributed by atoms with E-state index in [9.17, 15) is 4.79 Å². The smallest absolute Gasteiger partial charge is 0.264 e. The summed E-state index contributed by atoms with van der Waals surface area (Å²) in [5, 5.41) is 12.0. The normalized spacial score (nSPS) is 12.2. The zero-order valence-electron chi connectivity index (χ0n) is 18.6. The van der Waals surface area contributed by atoms with Crippen LogP contribution in [0.3, 0.4) is 0 Å². The Bertz CT molecular complexity index is 1370. The van der Waals surface area contributed by atoms with Gasteiger partial charge in [-0.1, -0.05) is 24.2 Å². The van der Waals surface area contributed by atoms with Crippen molar-refractivity contribution in [3.8, 4) is 34.3 Å². The number of aromatic nitrogens is 4. The lowest BCUT2D eigenvalue weighted by Crippen LogP contribution is -2.20. The van der Waals surface area contributed by atoms with Gasteiger partial charge >= 0.3 is 0 Å². The fraction of sp³-hybridized carbons (Fsp3) is 0.217. The fourth-order valence-electron chi connectivity index (χ4n) is 3.60. The molecule has 0 aliphatic carbocycles. The largest absolute Gasteiger partial charge is 0.454 e. The first-order valence-electron chi connectivity index (χ1n) is 10.6. The van der Waals surface area contributed by atoms with Gasteiger partial charge < -0.3 is 25.0 Å². The van der Waals surface area contributed by atoms with E-state index >= 15 is 0 Å². The highest BCUT2D eigenvalue weighted by Gasteiger charge is 2.24. The second kappa shape index (κ2) is 9.10. The van der Waals surface area contributed by atoms with Crippen molar-refractivity contribution in [3.05, 3.63) is 48.0 Å². The summed E-state index contributed by atoms with van der Waals surface area (Å²) in [6.07, 6.45) is 2.75. The van der Waals surface area contributed by atoms with Crippen LogP contribution < -0.4 is 20.5 Å². The minimum Gasteiger partial charge on any atom is -0.454 e. The van der Waals surface area contributed by atoms with Gasteiger partial charge in [-0.05, 0) is 48.6 Å². The van der Waals surface area contributed by atoms with E-state index in [4.69, 9.17) is 19.7 Å². The molecule has 0 bridgehead atoms. The summed E-state index contributed by atoms with van der Waals surface area (Å²) in [5.41, 5.74) is 9.43. The number of hydrogen-bond donors (Lipinski definition) is 2. The average molecular weight is 479 g/mol. The van der Waals surface area contributed by atoms with Gasteiger partial charge in [0, 0.05) is 11.3 Å². The first kappa shape index (κ1) is 21.8. The summed E-state index contributed by atoms with van der Waals surface area (Å²) in [7, 11) is 0. The zero-order valence-corrected chi connectivity index (χ0v) is 19.4. The summed E-state index contributed by atoms with van der Waals surface area (Å²) in [5.74, 6) is 1.91. The van der Waals surface area contributed by atoms with Crippen LogP contribution in [0.1, 0.15) is 12.5 Å². The van der Waals surface area contributed by atoms with Crippen molar-refractivity contribution in [2.45, 2.75) is 24.9 Å². The van der Waals surface area contributed by atoms with Gasteiger partial charge in [0.25, 0.3) is 5.89 Å². The van der Waals surface area contributed by atoms with Crippen LogP contribution in [0.25, 0.3) is 22.8 Å². The molecule has 2 aromatic carbocycles. The number of anilines is 2. The lowest BCUT2D eigenvalue weighted by Gasteiger charge is -2.08. The van der Waals surface area contributed by atoms with Crippen molar-refractivity contribution in [1.29, 1.82) is 0 Å². The van der Waals surface area contributed by atoms with Crippen molar-refractivity contribution in [3.63, 3.8) is 0 Å². The van der Waals surface area contributed by atoms with Crippen molar-refractivity contribution in [1.82, 2.24) is 19.9 Å². The molecular formula is C23H22N6O4S. The molecule has 5 rings (SSSR count). The number of nitrogen functional groups attached to an aromatic ring is 1. The highest BCUT2D eigenvalue weighted by Crippen LogP contribution is 2.37. The van der Waals surface area contributed by atoms with Crippen LogP contribution in [-0.2, 0) is 17.8 Å². The molecule has 1 aliphatic rings. The third-order valence-electron chi connectivity index (χ3n) is 5.34. The van der Waals surface area contributed by atoms with Crippen LogP contribution in [0.4, 0.5) is 11.5 Å². The third kappa shape index (κ3) is 4.17. The van der Waals surface area contributed by atoms with E-state index in [0.29, 0.717) is 33.5 Å². The topological polar surface area (TPSA) is 130 Å². The molecule has 34 heavy (non-hydrogen) atoms. The Hall–Kier alpha value is -3.99. The molecule has 3 N–H and O–H groups in total. The molecule has 4 aromatic rings. The molecule has 11 heteroatoms. The van der Waals surface area contributed by atoms with Crippen LogP contribution in [-0.4, -0.2) is 38.9 Å². The highest BCUT2D eigenvalue weighted by molar-refractivity contribution is 7.98. The molecule has 0 unspecified atom stereocenters. The fourth-order valence-corrected chi connectivity index (χ4v) is 4.18. The van der Waals surface area contributed by atoms with Crippen molar-refractivity contribution in [2.24, 2.45) is 0 Å². The summed E-state index contributed by atoms with van der Waals surface area (Å²) in [6.45, 7) is 2.19. The molecule has 10 nitrogen and oxygen atoms in total. The first-order chi connectivity index (χ1) is 16.6. The van der Waals surface area contributed by atoms with Gasteiger partial charge in [-0.15, -0.1) is 11.8 Å². The van der Waals surface area contributed by atoms with E-state index in [1.165, 1.54) is 16.4 Å². The van der Waals surface area contributed by atoms with E-state index in [0.717, 1.165) is 17.7 Å². The van der Waals surface area contributed by atoms with Crippen LogP contribution in [0.5, 0.6) is 11.5 Å². The number of nitrogens with zero attached hydrogens (tertiary/aromatic N) is 4. The van der Waals surface area contributed by atoms with Crippen molar-refractivity contribution < 1.29 is 18.8 Å². The predicted molar refractivity (Wildman–Crippen MR) is 128 cm³/mol. The SMILES string of the molecule is CCc1cccc(NC(=O)Cn2nc(SC)c(-c3nc(-c4ccc5c(c4)OCO5)no3)c2N)c1. The molecule has 1 amide bonds. The number of rotatable bonds is 7. The number of ether oxygens (including phenoxy) is 2. The molecule has 1 aliphatic heterocycles. The first-order valence-corrected chi connectivity index (χ1v) is 11.8. The number of amides is 1. The maximum absolute atomic E-state index is 12.7. The van der Waals surface area contributed by atoms with Crippen LogP contribution in [0.15, 0.2) is 52.0 Å². The molecule has 0 radical (unpaired) electrons. The van der Waals surface area contributed by atoms with E-state index in [-0.39, 0.29) is 31.0 Å². The molecule has 0 saturated carbocycles. The van der Waals surface area contributed by atoms with Gasteiger partial charge in [-0.25, -0.2) is 4.68 Å². The number of carbonyl (C=O) groups excluding carboxylic acids is 1. The Kier molecular flexibility index (Phi) is 5.84. The molecule has 0 spiro atoms. The average Bonchev–Trinajstić information content (AvgIpc) is 3.57. The van der Waals surface area contributed by atoms with E-state index in [1.807, 2.05) is 36.6 Å². The number of fused-ring (bicyclic) bond motifs is 1. The Balaban J connectivity index is 1.38. The van der Waals surface area contributed by atoms with Crippen LogP contribution >= 0.6 is 11.8 Å². The molecule has 3 heterocycles. The molecule has 174 valence electrons.